The molecule has 0 atom stereocenters. The first kappa shape index (κ1) is 11.9. The molecule has 0 bridgehead atoms. The monoisotopic (exact) mass is 256 g/mol. The third-order valence-corrected chi connectivity index (χ3v) is 3.17. The van der Waals surface area contributed by atoms with E-state index in [1.54, 1.807) is 7.11 Å². The summed E-state index contributed by atoms with van der Waals surface area (Å²) in [5.74, 6) is 1.54. The quantitative estimate of drug-likeness (QED) is 0.872. The predicted octanol–water partition coefficient (Wildman–Crippen LogP) is 1.70. The molecule has 0 saturated heterocycles. The highest BCUT2D eigenvalue weighted by Crippen LogP contribution is 2.15. The van der Waals surface area contributed by atoms with E-state index >= 15 is 0 Å². The Morgan fingerprint density at radius 3 is 2.89 bits per heavy atom. The van der Waals surface area contributed by atoms with Crippen LogP contribution in [0.25, 0.3) is 0 Å². The van der Waals surface area contributed by atoms with E-state index in [4.69, 9.17) is 4.74 Å². The van der Waals surface area contributed by atoms with Crippen molar-refractivity contribution in [2.45, 2.75) is 19.6 Å². The maximum atomic E-state index is 5.13. The minimum atomic E-state index is 0.679. The number of methoxy groups -OCH3 is 1. The Bertz CT molecular complexity index is 568. The minimum absolute atomic E-state index is 0.679. The van der Waals surface area contributed by atoms with Gasteiger partial charge in [0.15, 0.2) is 0 Å². The number of nitrogens with one attached hydrogen (secondary N) is 2. The lowest BCUT2D eigenvalue weighted by atomic mass is 10.2. The Kier molecular flexibility index (Phi) is 3.29. The van der Waals surface area contributed by atoms with Crippen LogP contribution in [0.1, 0.15) is 16.8 Å². The van der Waals surface area contributed by atoms with Crippen LogP contribution in [0.2, 0.25) is 0 Å². The van der Waals surface area contributed by atoms with Gasteiger partial charge in [-0.15, -0.1) is 0 Å². The lowest BCUT2D eigenvalue weighted by Gasteiger charge is -2.07. The van der Waals surface area contributed by atoms with Gasteiger partial charge in [-0.05, 0) is 17.7 Å². The van der Waals surface area contributed by atoms with Crippen LogP contribution in [0.4, 0.5) is 5.95 Å². The van der Waals surface area contributed by atoms with Crippen molar-refractivity contribution < 1.29 is 4.74 Å². The van der Waals surface area contributed by atoms with Crippen molar-refractivity contribution in [3.8, 4) is 5.75 Å². The van der Waals surface area contributed by atoms with Crippen LogP contribution in [0.3, 0.4) is 0 Å². The molecule has 0 saturated carbocycles. The molecule has 3 rings (SSSR count). The summed E-state index contributed by atoms with van der Waals surface area (Å²) >= 11 is 0. The lowest BCUT2D eigenvalue weighted by Crippen LogP contribution is -2.05. The molecule has 1 aromatic heterocycles. The van der Waals surface area contributed by atoms with E-state index in [9.17, 15) is 0 Å². The molecule has 98 valence electrons. The summed E-state index contributed by atoms with van der Waals surface area (Å²) in [6, 6.07) is 7.95. The van der Waals surface area contributed by atoms with Crippen molar-refractivity contribution >= 4 is 5.95 Å². The maximum absolute atomic E-state index is 5.13. The summed E-state index contributed by atoms with van der Waals surface area (Å²) in [5.41, 5.74) is 3.45. The molecule has 2 aromatic rings. The molecule has 5 nitrogen and oxygen atoms in total. The predicted molar refractivity (Wildman–Crippen MR) is 72.9 cm³/mol. The third kappa shape index (κ3) is 2.66. The number of ether oxygens (including phenoxy) is 1. The van der Waals surface area contributed by atoms with E-state index in [0.29, 0.717) is 12.5 Å². The zero-order valence-electron chi connectivity index (χ0n) is 10.8. The molecule has 0 fully saturated rings. The molecule has 19 heavy (non-hydrogen) atoms. The van der Waals surface area contributed by atoms with Gasteiger partial charge in [-0.3, -0.25) is 0 Å². The van der Waals surface area contributed by atoms with Crippen molar-refractivity contribution in [1.29, 1.82) is 0 Å². The zero-order valence-corrected chi connectivity index (χ0v) is 10.8. The van der Waals surface area contributed by atoms with E-state index in [1.807, 2.05) is 30.5 Å². The van der Waals surface area contributed by atoms with Gasteiger partial charge in [0.1, 0.15) is 5.75 Å². The van der Waals surface area contributed by atoms with Crippen molar-refractivity contribution in [1.82, 2.24) is 15.3 Å². The number of anilines is 1. The van der Waals surface area contributed by atoms with Gasteiger partial charge in [0, 0.05) is 31.4 Å². The van der Waals surface area contributed by atoms with Gasteiger partial charge in [0.2, 0.25) is 5.95 Å². The molecule has 0 spiro atoms. The summed E-state index contributed by atoms with van der Waals surface area (Å²) in [7, 11) is 1.67. The lowest BCUT2D eigenvalue weighted by molar-refractivity contribution is 0.414. The van der Waals surface area contributed by atoms with Crippen molar-refractivity contribution in [3.05, 3.63) is 47.3 Å². The summed E-state index contributed by atoms with van der Waals surface area (Å²) in [4.78, 5) is 8.80. The molecule has 0 unspecified atom stereocenters. The Labute approximate surface area is 112 Å². The van der Waals surface area contributed by atoms with Crippen LogP contribution in [0.5, 0.6) is 5.75 Å². The number of nitrogens with zero attached hydrogens (tertiary/aromatic N) is 2. The Morgan fingerprint density at radius 1 is 1.26 bits per heavy atom. The molecule has 2 heterocycles. The topological polar surface area (TPSA) is 59.1 Å². The second-order valence-electron chi connectivity index (χ2n) is 4.47. The number of aromatic nitrogens is 2. The molecule has 2 N–H and O–H groups in total. The number of benzene rings is 1. The smallest absolute Gasteiger partial charge is 0.223 e. The third-order valence-electron chi connectivity index (χ3n) is 3.17. The van der Waals surface area contributed by atoms with Crippen LogP contribution in [-0.4, -0.2) is 17.1 Å². The summed E-state index contributed by atoms with van der Waals surface area (Å²) < 4.78 is 5.13. The van der Waals surface area contributed by atoms with Crippen LogP contribution in [0, 0.1) is 0 Å². The highest BCUT2D eigenvalue weighted by atomic mass is 16.5. The van der Waals surface area contributed by atoms with E-state index in [0.717, 1.165) is 24.5 Å². The maximum Gasteiger partial charge on any atom is 0.223 e. The molecule has 1 aliphatic rings. The van der Waals surface area contributed by atoms with Crippen LogP contribution in [0.15, 0.2) is 30.5 Å². The highest BCUT2D eigenvalue weighted by Gasteiger charge is 2.12. The molecule has 1 aromatic carbocycles. The van der Waals surface area contributed by atoms with E-state index in [-0.39, 0.29) is 0 Å². The fraction of sp³-hybridized carbons (Fsp3) is 0.286. The van der Waals surface area contributed by atoms with Gasteiger partial charge in [0.05, 0.1) is 12.8 Å². The Balaban J connectivity index is 1.65. The summed E-state index contributed by atoms with van der Waals surface area (Å²) in [6.07, 6.45) is 1.89. The van der Waals surface area contributed by atoms with Gasteiger partial charge in [-0.2, -0.15) is 0 Å². The largest absolute Gasteiger partial charge is 0.497 e. The van der Waals surface area contributed by atoms with Crippen LogP contribution in [-0.2, 0) is 19.6 Å². The van der Waals surface area contributed by atoms with E-state index < -0.39 is 0 Å². The summed E-state index contributed by atoms with van der Waals surface area (Å²) in [6.45, 7) is 2.40. The van der Waals surface area contributed by atoms with E-state index in [1.165, 1.54) is 11.1 Å². The van der Waals surface area contributed by atoms with Crippen LogP contribution < -0.4 is 15.4 Å². The average Bonchev–Trinajstić information content (AvgIpc) is 2.93. The average molecular weight is 256 g/mol. The van der Waals surface area contributed by atoms with Gasteiger partial charge in [-0.1, -0.05) is 12.1 Å². The Morgan fingerprint density at radius 2 is 2.11 bits per heavy atom. The number of hydrogen-bond acceptors (Lipinski definition) is 5. The fourth-order valence-corrected chi connectivity index (χ4v) is 2.07. The second kappa shape index (κ2) is 5.24. The van der Waals surface area contributed by atoms with E-state index in [2.05, 4.69) is 20.6 Å². The molecular formula is C14H16N4O. The van der Waals surface area contributed by atoms with Gasteiger partial charge in [-0.25, -0.2) is 9.97 Å². The standard InChI is InChI=1S/C14H16N4O/c1-19-12-4-2-10(3-5-12)6-16-14-17-8-11-7-15-9-13(11)18-14/h2-5,8,15H,6-7,9H2,1H3,(H,16,17,18). The van der Waals surface area contributed by atoms with Gasteiger partial charge in [0.25, 0.3) is 0 Å². The van der Waals surface area contributed by atoms with Crippen molar-refractivity contribution in [2.75, 3.05) is 12.4 Å². The second-order valence-corrected chi connectivity index (χ2v) is 4.47. The van der Waals surface area contributed by atoms with Gasteiger partial charge >= 0.3 is 0 Å². The molecule has 0 amide bonds. The Hall–Kier alpha value is -2.14. The minimum Gasteiger partial charge on any atom is -0.497 e. The first-order valence-corrected chi connectivity index (χ1v) is 6.27. The fourth-order valence-electron chi connectivity index (χ4n) is 2.07. The summed E-state index contributed by atoms with van der Waals surface area (Å²) in [5, 5.41) is 6.49. The van der Waals surface area contributed by atoms with Crippen molar-refractivity contribution in [3.63, 3.8) is 0 Å². The molecular weight excluding hydrogens is 240 g/mol. The highest BCUT2D eigenvalue weighted by molar-refractivity contribution is 5.34. The zero-order chi connectivity index (χ0) is 13.1. The molecule has 5 heteroatoms. The number of rotatable bonds is 4. The van der Waals surface area contributed by atoms with Crippen LogP contribution >= 0.6 is 0 Å². The number of hydrogen-bond donors (Lipinski definition) is 2. The first-order valence-electron chi connectivity index (χ1n) is 6.27. The molecule has 0 radical (unpaired) electrons. The normalized spacial score (nSPS) is 13.1. The molecule has 0 aliphatic carbocycles. The van der Waals surface area contributed by atoms with Crippen molar-refractivity contribution in [2.24, 2.45) is 0 Å². The molecule has 1 aliphatic heterocycles. The van der Waals surface area contributed by atoms with Gasteiger partial charge < -0.3 is 15.4 Å². The SMILES string of the molecule is COc1ccc(CNc2ncc3c(n2)CNC3)cc1. The first-order chi connectivity index (χ1) is 9.35. The number of fused-ring (bicyclic) bond motifs is 1.